The van der Waals surface area contributed by atoms with Crippen molar-refractivity contribution < 1.29 is 9.47 Å². The van der Waals surface area contributed by atoms with Crippen molar-refractivity contribution in [3.05, 3.63) is 212 Å². The first kappa shape index (κ1) is 32.4. The van der Waals surface area contributed by atoms with Gasteiger partial charge >= 0.3 is 0 Å². The molecule has 56 heavy (non-hydrogen) atoms. The number of anilines is 3. The number of benzene rings is 9. The Balaban J connectivity index is 1.07. The van der Waals surface area contributed by atoms with Gasteiger partial charge in [0.25, 0.3) is 0 Å². The van der Waals surface area contributed by atoms with Gasteiger partial charge in [-0.05, 0) is 94.9 Å². The van der Waals surface area contributed by atoms with Gasteiger partial charge in [0.15, 0.2) is 0 Å². The van der Waals surface area contributed by atoms with Crippen LogP contribution in [0.15, 0.2) is 232 Å². The molecule has 0 N–H and O–H groups in total. The molecule has 0 radical (unpaired) electrons. The van der Waals surface area contributed by atoms with Crippen LogP contribution < -0.4 is 14.4 Å². The first-order valence-corrected chi connectivity index (χ1v) is 20.5. The maximum Gasteiger partial charge on any atom is 0.148 e. The van der Waals surface area contributed by atoms with E-state index in [1.807, 2.05) is 0 Å². The first-order chi connectivity index (χ1) is 27.8. The molecule has 0 fully saturated rings. The molecule has 0 saturated heterocycles. The molecule has 2 aliphatic rings. The van der Waals surface area contributed by atoms with Gasteiger partial charge in [0.05, 0.1) is 5.69 Å². The number of fused-ring (bicyclic) bond motifs is 9. The van der Waals surface area contributed by atoms with E-state index in [-0.39, 0.29) is 0 Å². The number of hydrogen-bond donors (Lipinski definition) is 0. The monoisotopic (exact) mass is 737 g/mol. The predicted octanol–water partition coefficient (Wildman–Crippen LogP) is 15.2. The van der Waals surface area contributed by atoms with Gasteiger partial charge in [0.2, 0.25) is 0 Å². The molecule has 0 saturated carbocycles. The zero-order valence-electron chi connectivity index (χ0n) is 30.4. The van der Waals surface area contributed by atoms with Crippen LogP contribution in [-0.2, 0) is 0 Å². The summed E-state index contributed by atoms with van der Waals surface area (Å²) in [5, 5.41) is 2.40. The van der Waals surface area contributed by atoms with Crippen LogP contribution in [0.1, 0.15) is 0 Å². The molecule has 0 unspecified atom stereocenters. The molecular formula is C52H35NO2S. The van der Waals surface area contributed by atoms with E-state index in [9.17, 15) is 0 Å². The van der Waals surface area contributed by atoms with Crippen LogP contribution in [0.4, 0.5) is 17.1 Å². The normalized spacial score (nSPS) is 13.6. The van der Waals surface area contributed by atoms with Crippen LogP contribution in [0.25, 0.3) is 33.0 Å². The molecule has 0 aliphatic carbocycles. The Morgan fingerprint density at radius 2 is 0.821 bits per heavy atom. The van der Waals surface area contributed by atoms with Crippen LogP contribution in [0.5, 0.6) is 23.0 Å². The number of rotatable bonds is 5. The highest BCUT2D eigenvalue weighted by atomic mass is 32.3. The van der Waals surface area contributed by atoms with E-state index < -0.39 is 10.0 Å². The predicted molar refractivity (Wildman–Crippen MR) is 230 cm³/mol. The van der Waals surface area contributed by atoms with Crippen LogP contribution in [0.3, 0.4) is 0 Å². The molecule has 9 aromatic rings. The van der Waals surface area contributed by atoms with Crippen molar-refractivity contribution in [2.75, 3.05) is 4.90 Å². The third-order valence-electron chi connectivity index (χ3n) is 11.0. The van der Waals surface area contributed by atoms with Crippen molar-refractivity contribution in [1.82, 2.24) is 0 Å². The average Bonchev–Trinajstić information content (AvgIpc) is 3.27. The molecule has 2 heterocycles. The lowest BCUT2D eigenvalue weighted by molar-refractivity contribution is 0.440. The Labute approximate surface area is 328 Å². The molecular weight excluding hydrogens is 703 g/mol. The minimum atomic E-state index is -1.96. The molecule has 1 spiro atoms. The molecule has 9 aromatic carbocycles. The Morgan fingerprint density at radius 3 is 1.48 bits per heavy atom. The zero-order chi connectivity index (χ0) is 37.1. The van der Waals surface area contributed by atoms with E-state index in [0.29, 0.717) is 0 Å². The van der Waals surface area contributed by atoms with Crippen LogP contribution >= 0.6 is 10.0 Å². The molecule has 4 heteroatoms. The molecule has 0 aromatic heterocycles. The van der Waals surface area contributed by atoms with E-state index in [1.54, 1.807) is 0 Å². The molecule has 0 bridgehead atoms. The molecule has 3 nitrogen and oxygen atoms in total. The lowest BCUT2D eigenvalue weighted by Crippen LogP contribution is -2.16. The average molecular weight is 738 g/mol. The van der Waals surface area contributed by atoms with Crippen LogP contribution in [0.2, 0.25) is 0 Å². The number of para-hydroxylation sites is 4. The molecule has 0 atom stereocenters. The Kier molecular flexibility index (Phi) is 7.58. The summed E-state index contributed by atoms with van der Waals surface area (Å²) in [6, 6.07) is 75.7. The standard InChI is InChI=1S/C52H35NO2S/c1-2-14-36(15-3-1)37-28-32-40(33-29-37)53(44-20-12-17-38-16-4-5-18-42(38)44)41-34-30-39(31-35-41)43-19-13-27-51-52(43)55-47-23-8-11-26-50(47)56(51)48-24-9-6-21-45(48)54-46-22-7-10-25-49(46)56/h1-35H. The van der Waals surface area contributed by atoms with Crippen molar-refractivity contribution in [2.45, 2.75) is 19.6 Å². The highest BCUT2D eigenvalue weighted by Gasteiger charge is 2.47. The summed E-state index contributed by atoms with van der Waals surface area (Å²) >= 11 is 0. The first-order valence-electron chi connectivity index (χ1n) is 18.9. The minimum Gasteiger partial charge on any atom is -0.455 e. The SMILES string of the molecule is c1ccc(-c2ccc(N(c3ccc(-c4cccc5c4Oc4ccccc4S54c5ccccc5Oc5ccccc54)cc3)c3cccc4ccccc34)cc2)cc1. The van der Waals surface area contributed by atoms with E-state index in [1.165, 1.54) is 41.5 Å². The van der Waals surface area contributed by atoms with E-state index in [4.69, 9.17) is 9.47 Å². The molecule has 0 amide bonds. The fourth-order valence-corrected chi connectivity index (χ4v) is 12.7. The van der Waals surface area contributed by atoms with Crippen LogP contribution in [0, 0.1) is 0 Å². The third-order valence-corrected chi connectivity index (χ3v) is 14.9. The van der Waals surface area contributed by atoms with Crippen molar-refractivity contribution in [3.63, 3.8) is 0 Å². The second-order valence-electron chi connectivity index (χ2n) is 14.1. The lowest BCUT2D eigenvalue weighted by atomic mass is 10.0. The molecule has 2 aliphatic heterocycles. The van der Waals surface area contributed by atoms with Crippen molar-refractivity contribution in [2.24, 2.45) is 0 Å². The van der Waals surface area contributed by atoms with Gasteiger partial charge in [-0.2, -0.15) is 0 Å². The molecule has 11 rings (SSSR count). The second kappa shape index (κ2) is 13.1. The fraction of sp³-hybridized carbons (Fsp3) is 0. The van der Waals surface area contributed by atoms with Crippen LogP contribution in [-0.4, -0.2) is 0 Å². The maximum absolute atomic E-state index is 7.00. The van der Waals surface area contributed by atoms with Crippen molar-refractivity contribution in [3.8, 4) is 45.3 Å². The van der Waals surface area contributed by atoms with Gasteiger partial charge in [-0.3, -0.25) is 0 Å². The smallest absolute Gasteiger partial charge is 0.148 e. The summed E-state index contributed by atoms with van der Waals surface area (Å²) in [7, 11) is -1.96. The lowest BCUT2D eigenvalue weighted by Gasteiger charge is -2.48. The summed E-state index contributed by atoms with van der Waals surface area (Å²) < 4.78 is 13.6. The third kappa shape index (κ3) is 5.00. The summed E-state index contributed by atoms with van der Waals surface area (Å²) in [6.45, 7) is 0. The van der Waals surface area contributed by atoms with Crippen molar-refractivity contribution in [1.29, 1.82) is 0 Å². The summed E-state index contributed by atoms with van der Waals surface area (Å²) in [4.78, 5) is 7.10. The largest absolute Gasteiger partial charge is 0.455 e. The number of ether oxygens (including phenoxy) is 2. The fourth-order valence-electron chi connectivity index (χ4n) is 8.45. The Morgan fingerprint density at radius 1 is 0.339 bits per heavy atom. The van der Waals surface area contributed by atoms with E-state index >= 15 is 0 Å². The quantitative estimate of drug-likeness (QED) is 0.176. The second-order valence-corrected chi connectivity index (χ2v) is 17.1. The topological polar surface area (TPSA) is 21.7 Å². The number of nitrogens with zero attached hydrogens (tertiary/aromatic N) is 1. The highest BCUT2D eigenvalue weighted by molar-refractivity contribution is 8.34. The summed E-state index contributed by atoms with van der Waals surface area (Å²) in [6.07, 6.45) is 0. The highest BCUT2D eigenvalue weighted by Crippen LogP contribution is 2.83. The Bertz CT molecular complexity index is 2850. The minimum absolute atomic E-state index is 0.881. The maximum atomic E-state index is 7.00. The van der Waals surface area contributed by atoms with Crippen molar-refractivity contribution >= 4 is 37.9 Å². The zero-order valence-corrected chi connectivity index (χ0v) is 31.2. The van der Waals surface area contributed by atoms with E-state index in [0.717, 1.165) is 51.2 Å². The van der Waals surface area contributed by atoms with E-state index in [2.05, 4.69) is 217 Å². The summed E-state index contributed by atoms with van der Waals surface area (Å²) in [5.41, 5.74) is 7.82. The van der Waals surface area contributed by atoms with Gasteiger partial charge in [0, 0.05) is 41.9 Å². The molecule has 266 valence electrons. The van der Waals surface area contributed by atoms with Gasteiger partial charge in [-0.15, -0.1) is 10.0 Å². The number of hydrogen-bond acceptors (Lipinski definition) is 3. The summed E-state index contributed by atoms with van der Waals surface area (Å²) in [5.74, 6) is 3.56. The Hall–Kier alpha value is -7.01. The van der Waals surface area contributed by atoms with Gasteiger partial charge in [-0.25, -0.2) is 0 Å². The van der Waals surface area contributed by atoms with Gasteiger partial charge < -0.3 is 14.4 Å². The van der Waals surface area contributed by atoms with Gasteiger partial charge in [-0.1, -0.05) is 140 Å². The van der Waals surface area contributed by atoms with Gasteiger partial charge in [0.1, 0.15) is 23.0 Å².